The number of nitrogens with two attached hydrogens (primary N) is 1. The van der Waals surface area contributed by atoms with E-state index < -0.39 is 10.0 Å². The molecule has 3 N–H and O–H groups in total. The van der Waals surface area contributed by atoms with E-state index in [1.165, 1.54) is 0 Å². The lowest BCUT2D eigenvalue weighted by molar-refractivity contribution is 0.597. The maximum atomic E-state index is 11.7. The van der Waals surface area contributed by atoms with Gasteiger partial charge in [-0.15, -0.1) is 0 Å². The molecule has 7 nitrogen and oxygen atoms in total. The Balaban J connectivity index is 1.67. The van der Waals surface area contributed by atoms with E-state index in [1.807, 2.05) is 42.5 Å². The molecule has 4 rings (SSSR count). The van der Waals surface area contributed by atoms with Gasteiger partial charge in [-0.25, -0.2) is 23.5 Å². The number of hydrogen-bond acceptors (Lipinski definition) is 6. The lowest BCUT2D eigenvalue weighted by Crippen LogP contribution is -2.31. The van der Waals surface area contributed by atoms with Crippen LogP contribution >= 0.6 is 0 Å². The van der Waals surface area contributed by atoms with E-state index in [2.05, 4.69) is 29.0 Å². The Hall–Kier alpha value is -2.97. The van der Waals surface area contributed by atoms with Gasteiger partial charge in [0.25, 0.3) is 0 Å². The van der Waals surface area contributed by atoms with Gasteiger partial charge in [-0.05, 0) is 41.8 Å². The van der Waals surface area contributed by atoms with Gasteiger partial charge in [-0.1, -0.05) is 38.1 Å². The average Bonchev–Trinajstić information content (AvgIpc) is 2.72. The molecule has 0 spiro atoms. The van der Waals surface area contributed by atoms with E-state index in [-0.39, 0.29) is 10.8 Å². The number of rotatable bonds is 5. The van der Waals surface area contributed by atoms with Crippen molar-refractivity contribution >= 4 is 27.3 Å². The fourth-order valence-corrected chi connectivity index (χ4v) is 4.08. The number of primary sulfonamides is 1. The molecule has 0 fully saturated rings. The number of sulfonamides is 1. The third-order valence-electron chi connectivity index (χ3n) is 5.14. The summed E-state index contributed by atoms with van der Waals surface area (Å²) >= 11 is 0. The van der Waals surface area contributed by atoms with E-state index in [0.717, 1.165) is 47.2 Å². The molecule has 8 heteroatoms. The van der Waals surface area contributed by atoms with Crippen LogP contribution in [0.4, 0.5) is 17.3 Å². The molecule has 0 bridgehead atoms. The van der Waals surface area contributed by atoms with Gasteiger partial charge in [0.1, 0.15) is 17.5 Å². The second-order valence-electron chi connectivity index (χ2n) is 7.76. The molecule has 0 aliphatic carbocycles. The van der Waals surface area contributed by atoms with Crippen molar-refractivity contribution in [3.05, 3.63) is 71.5 Å². The predicted molar refractivity (Wildman–Crippen MR) is 118 cm³/mol. The molecule has 2 heterocycles. The summed E-state index contributed by atoms with van der Waals surface area (Å²) < 4.78 is 23.5. The zero-order chi connectivity index (χ0) is 21.3. The lowest BCUT2D eigenvalue weighted by Gasteiger charge is -2.30. The first kappa shape index (κ1) is 20.3. The van der Waals surface area contributed by atoms with Crippen LogP contribution in [0.2, 0.25) is 0 Å². The third-order valence-corrected chi connectivity index (χ3v) is 6.05. The van der Waals surface area contributed by atoms with E-state index in [0.29, 0.717) is 6.54 Å². The normalized spacial score (nSPS) is 13.9. The fraction of sp³-hybridized carbons (Fsp3) is 0.273. The van der Waals surface area contributed by atoms with Crippen LogP contribution < -0.4 is 15.4 Å². The maximum absolute atomic E-state index is 11.7. The number of benzene rings is 2. The Bertz CT molecular complexity index is 1160. The molecule has 2 aromatic carbocycles. The highest BCUT2D eigenvalue weighted by atomic mass is 32.2. The number of aromatic nitrogens is 2. The predicted octanol–water partition coefficient (Wildman–Crippen LogP) is 3.55. The molecule has 0 amide bonds. The SMILES string of the molecule is CC(C)c1nc(Nc2ccccc2)cc(N2CCc3ccc(S(N)(=O)=O)cc3C2)n1. The average molecular weight is 424 g/mol. The summed E-state index contributed by atoms with van der Waals surface area (Å²) in [6.07, 6.45) is 0.808. The molecule has 30 heavy (non-hydrogen) atoms. The summed E-state index contributed by atoms with van der Waals surface area (Å²) in [4.78, 5) is 11.7. The minimum atomic E-state index is -3.73. The highest BCUT2D eigenvalue weighted by molar-refractivity contribution is 7.89. The number of nitrogens with one attached hydrogen (secondary N) is 1. The highest BCUT2D eigenvalue weighted by Gasteiger charge is 2.21. The molecule has 1 aliphatic heterocycles. The van der Waals surface area contributed by atoms with Crippen molar-refractivity contribution in [2.75, 3.05) is 16.8 Å². The van der Waals surface area contributed by atoms with Crippen LogP contribution in [0.1, 0.15) is 36.7 Å². The number of hydrogen-bond donors (Lipinski definition) is 2. The van der Waals surface area contributed by atoms with E-state index in [9.17, 15) is 8.42 Å². The van der Waals surface area contributed by atoms with E-state index >= 15 is 0 Å². The van der Waals surface area contributed by atoms with Crippen LogP contribution in [-0.4, -0.2) is 24.9 Å². The van der Waals surface area contributed by atoms with Gasteiger partial charge in [0.15, 0.2) is 0 Å². The molecule has 0 atom stereocenters. The Morgan fingerprint density at radius 1 is 1.03 bits per heavy atom. The fourth-order valence-electron chi connectivity index (χ4n) is 3.51. The Labute approximate surface area is 177 Å². The van der Waals surface area contributed by atoms with Crippen molar-refractivity contribution in [1.29, 1.82) is 0 Å². The summed E-state index contributed by atoms with van der Waals surface area (Å²) in [5.74, 6) is 2.49. The van der Waals surface area contributed by atoms with Crippen LogP contribution in [0.25, 0.3) is 0 Å². The molecule has 3 aromatic rings. The highest BCUT2D eigenvalue weighted by Crippen LogP contribution is 2.28. The minimum Gasteiger partial charge on any atom is -0.352 e. The Kier molecular flexibility index (Phi) is 5.44. The van der Waals surface area contributed by atoms with E-state index in [1.54, 1.807) is 12.1 Å². The van der Waals surface area contributed by atoms with Crippen molar-refractivity contribution in [1.82, 2.24) is 9.97 Å². The Morgan fingerprint density at radius 3 is 2.50 bits per heavy atom. The van der Waals surface area contributed by atoms with Crippen molar-refractivity contribution in [2.45, 2.75) is 37.6 Å². The van der Waals surface area contributed by atoms with Crippen LogP contribution in [0, 0.1) is 0 Å². The Morgan fingerprint density at radius 2 is 1.80 bits per heavy atom. The van der Waals surface area contributed by atoms with Gasteiger partial charge in [0.2, 0.25) is 10.0 Å². The summed E-state index contributed by atoms with van der Waals surface area (Å²) in [7, 11) is -3.73. The van der Waals surface area contributed by atoms with Crippen LogP contribution in [0.5, 0.6) is 0 Å². The van der Waals surface area contributed by atoms with Gasteiger partial charge < -0.3 is 10.2 Å². The zero-order valence-corrected chi connectivity index (χ0v) is 17.9. The van der Waals surface area contributed by atoms with E-state index in [4.69, 9.17) is 10.1 Å². The van der Waals surface area contributed by atoms with Crippen LogP contribution in [0.3, 0.4) is 0 Å². The van der Waals surface area contributed by atoms with Gasteiger partial charge in [-0.2, -0.15) is 0 Å². The van der Waals surface area contributed by atoms with Gasteiger partial charge in [0, 0.05) is 30.8 Å². The topological polar surface area (TPSA) is 101 Å². The third kappa shape index (κ3) is 4.44. The van der Waals surface area contributed by atoms with Gasteiger partial charge in [-0.3, -0.25) is 0 Å². The zero-order valence-electron chi connectivity index (χ0n) is 17.0. The molecule has 1 aromatic heterocycles. The number of fused-ring (bicyclic) bond motifs is 1. The number of anilines is 3. The molecule has 0 saturated carbocycles. The molecular formula is C22H25N5O2S. The van der Waals surface area contributed by atoms with Crippen LogP contribution in [0.15, 0.2) is 59.5 Å². The molecular weight excluding hydrogens is 398 g/mol. The lowest BCUT2D eigenvalue weighted by atomic mass is 10.00. The van der Waals surface area contributed by atoms with Gasteiger partial charge in [0.05, 0.1) is 4.90 Å². The first-order valence-electron chi connectivity index (χ1n) is 9.90. The molecule has 0 unspecified atom stereocenters. The van der Waals surface area contributed by atoms with Crippen molar-refractivity contribution < 1.29 is 8.42 Å². The smallest absolute Gasteiger partial charge is 0.238 e. The molecule has 0 saturated heterocycles. The summed E-state index contributed by atoms with van der Waals surface area (Å²) in [6, 6.07) is 16.9. The van der Waals surface area contributed by atoms with Crippen molar-refractivity contribution in [3.63, 3.8) is 0 Å². The first-order chi connectivity index (χ1) is 14.3. The molecule has 0 radical (unpaired) electrons. The molecule has 156 valence electrons. The minimum absolute atomic E-state index is 0.139. The van der Waals surface area contributed by atoms with Gasteiger partial charge >= 0.3 is 0 Å². The summed E-state index contributed by atoms with van der Waals surface area (Å²) in [6.45, 7) is 5.49. The quantitative estimate of drug-likeness (QED) is 0.651. The van der Waals surface area contributed by atoms with Crippen LogP contribution in [-0.2, 0) is 23.0 Å². The summed E-state index contributed by atoms with van der Waals surface area (Å²) in [5.41, 5.74) is 3.05. The standard InChI is InChI=1S/C22H25N5O2S/c1-15(2)22-25-20(24-18-6-4-3-5-7-18)13-21(26-22)27-11-10-16-8-9-19(30(23,28)29)12-17(16)14-27/h3-9,12-13,15H,10-11,14H2,1-2H3,(H2,23,28,29)(H,24,25,26). The van der Waals surface area contributed by atoms with Crippen molar-refractivity contribution in [2.24, 2.45) is 5.14 Å². The first-order valence-corrected chi connectivity index (χ1v) is 11.4. The monoisotopic (exact) mass is 423 g/mol. The summed E-state index contributed by atoms with van der Waals surface area (Å²) in [5, 5.41) is 8.66. The van der Waals surface area contributed by atoms with Crippen molar-refractivity contribution in [3.8, 4) is 0 Å². The number of nitrogens with zero attached hydrogens (tertiary/aromatic N) is 3. The number of para-hydroxylation sites is 1. The second kappa shape index (κ2) is 8.04. The second-order valence-corrected chi connectivity index (χ2v) is 9.32. The molecule has 1 aliphatic rings. The largest absolute Gasteiger partial charge is 0.352 e. The maximum Gasteiger partial charge on any atom is 0.238 e.